The number of hydrogen-bond acceptors (Lipinski definition) is 3. The Balaban J connectivity index is 1.89. The highest BCUT2D eigenvalue weighted by Crippen LogP contribution is 2.25. The summed E-state index contributed by atoms with van der Waals surface area (Å²) in [5, 5.41) is 2.61. The molecule has 0 aliphatic rings. The SMILES string of the molecule is Cc1ccc(NS(=O)(=O)c2cc(NC(=O)c3cccc(F)c3)ccc2C)c(C)c1. The average Bonchev–Trinajstić information content (AvgIpc) is 2.65. The molecule has 0 radical (unpaired) electrons. The molecule has 2 N–H and O–H groups in total. The maximum absolute atomic E-state index is 13.3. The Labute approximate surface area is 169 Å². The Hall–Kier alpha value is -3.19. The number of carbonyl (C=O) groups excluding carboxylic acids is 1. The molecule has 3 aromatic carbocycles. The van der Waals surface area contributed by atoms with Gasteiger partial charge in [0.2, 0.25) is 0 Å². The number of carbonyl (C=O) groups is 1. The number of nitrogens with one attached hydrogen (secondary N) is 2. The van der Waals surface area contributed by atoms with Crippen LogP contribution in [0.25, 0.3) is 0 Å². The summed E-state index contributed by atoms with van der Waals surface area (Å²) in [6.45, 7) is 5.43. The summed E-state index contributed by atoms with van der Waals surface area (Å²) in [4.78, 5) is 12.4. The summed E-state index contributed by atoms with van der Waals surface area (Å²) in [6, 6.07) is 15.3. The van der Waals surface area contributed by atoms with Gasteiger partial charge in [0.25, 0.3) is 15.9 Å². The van der Waals surface area contributed by atoms with Gasteiger partial charge >= 0.3 is 0 Å². The normalized spacial score (nSPS) is 11.2. The molecule has 0 atom stereocenters. The predicted molar refractivity (Wildman–Crippen MR) is 112 cm³/mol. The molecule has 0 fully saturated rings. The minimum atomic E-state index is -3.87. The fraction of sp³-hybridized carbons (Fsp3) is 0.136. The Morgan fingerprint density at radius 2 is 1.66 bits per heavy atom. The molecule has 0 saturated heterocycles. The van der Waals surface area contributed by atoms with E-state index >= 15 is 0 Å². The van der Waals surface area contributed by atoms with Gasteiger partial charge in [0.1, 0.15) is 5.82 Å². The second-order valence-corrected chi connectivity index (χ2v) is 8.52. The third kappa shape index (κ3) is 4.81. The first-order chi connectivity index (χ1) is 13.7. The van der Waals surface area contributed by atoms with Crippen molar-refractivity contribution < 1.29 is 17.6 Å². The van der Waals surface area contributed by atoms with E-state index in [9.17, 15) is 17.6 Å². The van der Waals surface area contributed by atoms with Crippen molar-refractivity contribution in [3.8, 4) is 0 Å². The number of rotatable bonds is 5. The summed E-state index contributed by atoms with van der Waals surface area (Å²) in [5.74, 6) is -1.05. The number of hydrogen-bond donors (Lipinski definition) is 2. The molecule has 0 saturated carbocycles. The van der Waals surface area contributed by atoms with Gasteiger partial charge < -0.3 is 5.32 Å². The van der Waals surface area contributed by atoms with Crippen LogP contribution in [-0.2, 0) is 10.0 Å². The van der Waals surface area contributed by atoms with Gasteiger partial charge in [0.05, 0.1) is 10.6 Å². The quantitative estimate of drug-likeness (QED) is 0.632. The number of anilines is 2. The molecule has 7 heteroatoms. The monoisotopic (exact) mass is 412 g/mol. The van der Waals surface area contributed by atoms with Crippen LogP contribution < -0.4 is 10.0 Å². The lowest BCUT2D eigenvalue weighted by Crippen LogP contribution is -2.17. The first kappa shape index (κ1) is 20.5. The van der Waals surface area contributed by atoms with E-state index in [0.717, 1.165) is 17.2 Å². The first-order valence-corrected chi connectivity index (χ1v) is 10.4. The third-order valence-electron chi connectivity index (χ3n) is 4.45. The largest absolute Gasteiger partial charge is 0.322 e. The molecule has 0 bridgehead atoms. The Morgan fingerprint density at radius 1 is 0.897 bits per heavy atom. The van der Waals surface area contributed by atoms with E-state index in [1.165, 1.54) is 24.3 Å². The van der Waals surface area contributed by atoms with Crippen LogP contribution in [0.2, 0.25) is 0 Å². The van der Waals surface area contributed by atoms with E-state index in [0.29, 0.717) is 16.9 Å². The van der Waals surface area contributed by atoms with Crippen molar-refractivity contribution in [1.82, 2.24) is 0 Å². The van der Waals surface area contributed by atoms with Crippen molar-refractivity contribution in [2.24, 2.45) is 0 Å². The molecule has 0 heterocycles. The van der Waals surface area contributed by atoms with Crippen LogP contribution in [-0.4, -0.2) is 14.3 Å². The highest BCUT2D eigenvalue weighted by Gasteiger charge is 2.19. The van der Waals surface area contributed by atoms with E-state index in [4.69, 9.17) is 0 Å². The van der Waals surface area contributed by atoms with Crippen LogP contribution in [0.3, 0.4) is 0 Å². The molecule has 0 aliphatic carbocycles. The van der Waals surface area contributed by atoms with E-state index in [1.54, 1.807) is 25.1 Å². The van der Waals surface area contributed by atoms with Crippen LogP contribution in [0.15, 0.2) is 65.6 Å². The van der Waals surface area contributed by atoms with Gasteiger partial charge in [0, 0.05) is 11.3 Å². The van der Waals surface area contributed by atoms with E-state index in [-0.39, 0.29) is 10.5 Å². The molecule has 0 aliphatic heterocycles. The first-order valence-electron chi connectivity index (χ1n) is 8.93. The molecule has 0 aromatic heterocycles. The Bertz CT molecular complexity index is 1190. The summed E-state index contributed by atoms with van der Waals surface area (Å²) >= 11 is 0. The third-order valence-corrected chi connectivity index (χ3v) is 5.96. The Kier molecular flexibility index (Phi) is 5.70. The molecule has 3 aromatic rings. The lowest BCUT2D eigenvalue weighted by Gasteiger charge is -2.14. The highest BCUT2D eigenvalue weighted by molar-refractivity contribution is 7.92. The molecule has 29 heavy (non-hydrogen) atoms. The Morgan fingerprint density at radius 3 is 2.34 bits per heavy atom. The second kappa shape index (κ2) is 8.05. The number of sulfonamides is 1. The van der Waals surface area contributed by atoms with Gasteiger partial charge in [-0.1, -0.05) is 29.8 Å². The number of halogens is 1. The zero-order chi connectivity index (χ0) is 21.2. The fourth-order valence-corrected chi connectivity index (χ4v) is 4.33. The van der Waals surface area contributed by atoms with Crippen LogP contribution in [0.1, 0.15) is 27.0 Å². The lowest BCUT2D eigenvalue weighted by molar-refractivity contribution is 0.102. The zero-order valence-electron chi connectivity index (χ0n) is 16.3. The molecular formula is C22H21FN2O3S. The van der Waals surface area contributed by atoms with E-state index < -0.39 is 21.7 Å². The van der Waals surface area contributed by atoms with Crippen molar-refractivity contribution >= 4 is 27.3 Å². The summed E-state index contributed by atoms with van der Waals surface area (Å²) in [5.41, 5.74) is 3.30. The molecule has 3 rings (SSSR count). The summed E-state index contributed by atoms with van der Waals surface area (Å²) in [7, 11) is -3.87. The van der Waals surface area contributed by atoms with Gasteiger partial charge in [-0.2, -0.15) is 0 Å². The fourth-order valence-electron chi connectivity index (χ4n) is 2.93. The molecule has 0 unspecified atom stereocenters. The van der Waals surface area contributed by atoms with Crippen LogP contribution in [0, 0.1) is 26.6 Å². The highest BCUT2D eigenvalue weighted by atomic mass is 32.2. The smallest absolute Gasteiger partial charge is 0.262 e. The maximum Gasteiger partial charge on any atom is 0.262 e. The minimum Gasteiger partial charge on any atom is -0.322 e. The van der Waals surface area contributed by atoms with Crippen molar-refractivity contribution in [3.05, 3.63) is 88.7 Å². The summed E-state index contributed by atoms with van der Waals surface area (Å²) < 4.78 is 41.8. The molecule has 5 nitrogen and oxygen atoms in total. The predicted octanol–water partition coefficient (Wildman–Crippen LogP) is 4.80. The number of amides is 1. The summed E-state index contributed by atoms with van der Waals surface area (Å²) in [6.07, 6.45) is 0. The molecule has 150 valence electrons. The standard InChI is InChI=1S/C22H21FN2O3S/c1-14-7-10-20(16(3)11-14)25-29(27,28)21-13-19(9-8-15(21)2)24-22(26)17-5-4-6-18(23)12-17/h4-13,25H,1-3H3,(H,24,26). The van der Waals surface area contributed by atoms with E-state index in [2.05, 4.69) is 10.0 Å². The second-order valence-electron chi connectivity index (χ2n) is 6.87. The van der Waals surface area contributed by atoms with Crippen LogP contribution >= 0.6 is 0 Å². The topological polar surface area (TPSA) is 75.3 Å². The maximum atomic E-state index is 13.3. The zero-order valence-corrected chi connectivity index (χ0v) is 17.1. The molecule has 0 spiro atoms. The van der Waals surface area contributed by atoms with E-state index in [1.807, 2.05) is 26.0 Å². The molecule has 1 amide bonds. The van der Waals surface area contributed by atoms with Crippen LogP contribution in [0.4, 0.5) is 15.8 Å². The molecular weight excluding hydrogens is 391 g/mol. The van der Waals surface area contributed by atoms with Crippen molar-refractivity contribution in [2.75, 3.05) is 10.0 Å². The lowest BCUT2D eigenvalue weighted by atomic mass is 10.1. The van der Waals surface area contributed by atoms with Gasteiger partial charge in [-0.3, -0.25) is 9.52 Å². The van der Waals surface area contributed by atoms with Crippen molar-refractivity contribution in [1.29, 1.82) is 0 Å². The van der Waals surface area contributed by atoms with Gasteiger partial charge in [-0.15, -0.1) is 0 Å². The van der Waals surface area contributed by atoms with Gasteiger partial charge in [0.15, 0.2) is 0 Å². The average molecular weight is 412 g/mol. The van der Waals surface area contributed by atoms with Crippen molar-refractivity contribution in [3.63, 3.8) is 0 Å². The van der Waals surface area contributed by atoms with Crippen LogP contribution in [0.5, 0.6) is 0 Å². The number of aryl methyl sites for hydroxylation is 3. The number of benzene rings is 3. The van der Waals surface area contributed by atoms with Crippen molar-refractivity contribution in [2.45, 2.75) is 25.7 Å². The minimum absolute atomic E-state index is 0.0505. The van der Waals surface area contributed by atoms with Gasteiger partial charge in [-0.05, 0) is 68.3 Å². The van der Waals surface area contributed by atoms with Gasteiger partial charge in [-0.25, -0.2) is 12.8 Å².